The van der Waals surface area contributed by atoms with Crippen molar-refractivity contribution >= 4 is 23.7 Å². The zero-order valence-corrected chi connectivity index (χ0v) is 17.7. The van der Waals surface area contributed by atoms with Gasteiger partial charge in [0.05, 0.1) is 12.0 Å². The predicted octanol–water partition coefficient (Wildman–Crippen LogP) is 0.0493. The summed E-state index contributed by atoms with van der Waals surface area (Å²) in [5.74, 6) is -2.59. The number of rotatable bonds is 9. The number of likely N-dealkylation sites (N-methyl/N-ethyl adjacent to an activating group) is 2. The standard InChI is InChI=1S/C19H34N4O5/c1-12(2)15(22(6)18(28)19(3,4)20-5)16(26)21-13(11-14(24)25)17(27)23-9-7-8-10-23/h12-13,15,20H,7-11H2,1-6H3,(H,21,26)(H,24,25)/t13-,15-/m0/s1. The van der Waals surface area contributed by atoms with Crippen LogP contribution in [0.2, 0.25) is 0 Å². The van der Waals surface area contributed by atoms with Crippen molar-refractivity contribution in [2.24, 2.45) is 5.92 Å². The van der Waals surface area contributed by atoms with Crippen LogP contribution in [0.5, 0.6) is 0 Å². The van der Waals surface area contributed by atoms with Gasteiger partial charge in [-0.15, -0.1) is 0 Å². The molecule has 3 N–H and O–H groups in total. The highest BCUT2D eigenvalue weighted by atomic mass is 16.4. The lowest BCUT2D eigenvalue weighted by Gasteiger charge is -2.36. The molecule has 0 saturated carbocycles. The van der Waals surface area contributed by atoms with Gasteiger partial charge in [0.1, 0.15) is 12.1 Å². The van der Waals surface area contributed by atoms with Gasteiger partial charge in [-0.25, -0.2) is 0 Å². The van der Waals surface area contributed by atoms with Gasteiger partial charge in [0, 0.05) is 20.1 Å². The van der Waals surface area contributed by atoms with Crippen molar-refractivity contribution in [3.63, 3.8) is 0 Å². The van der Waals surface area contributed by atoms with Crippen LogP contribution in [0, 0.1) is 5.92 Å². The number of nitrogens with one attached hydrogen (secondary N) is 2. The summed E-state index contributed by atoms with van der Waals surface area (Å²) in [5, 5.41) is 14.7. The van der Waals surface area contributed by atoms with E-state index in [1.807, 2.05) is 0 Å². The molecule has 1 aliphatic heterocycles. The Morgan fingerprint density at radius 2 is 1.68 bits per heavy atom. The molecule has 0 radical (unpaired) electrons. The van der Waals surface area contributed by atoms with E-state index < -0.39 is 35.9 Å². The van der Waals surface area contributed by atoms with Crippen molar-refractivity contribution in [3.05, 3.63) is 0 Å². The third kappa shape index (κ3) is 5.92. The van der Waals surface area contributed by atoms with E-state index in [4.69, 9.17) is 0 Å². The maximum Gasteiger partial charge on any atom is 0.305 e. The lowest BCUT2D eigenvalue weighted by molar-refractivity contribution is -0.147. The smallest absolute Gasteiger partial charge is 0.305 e. The van der Waals surface area contributed by atoms with Gasteiger partial charge in [0.15, 0.2) is 0 Å². The molecule has 1 saturated heterocycles. The van der Waals surface area contributed by atoms with Gasteiger partial charge in [0.2, 0.25) is 17.7 Å². The van der Waals surface area contributed by atoms with E-state index >= 15 is 0 Å². The molecule has 0 aliphatic carbocycles. The molecular formula is C19H34N4O5. The molecule has 160 valence electrons. The number of nitrogens with zero attached hydrogens (tertiary/aromatic N) is 2. The molecule has 9 heteroatoms. The summed E-state index contributed by atoms with van der Waals surface area (Å²) in [4.78, 5) is 52.6. The minimum absolute atomic E-state index is 0.228. The lowest BCUT2D eigenvalue weighted by atomic mass is 9.97. The van der Waals surface area contributed by atoms with Gasteiger partial charge in [-0.3, -0.25) is 19.2 Å². The van der Waals surface area contributed by atoms with E-state index in [0.717, 1.165) is 12.8 Å². The molecule has 1 heterocycles. The SMILES string of the molecule is CNC(C)(C)C(=O)N(C)[C@H](C(=O)N[C@@H](CC(=O)O)C(=O)N1CCCC1)C(C)C. The average Bonchev–Trinajstić information content (AvgIpc) is 3.13. The summed E-state index contributed by atoms with van der Waals surface area (Å²) in [6, 6.07) is -1.98. The van der Waals surface area contributed by atoms with Gasteiger partial charge >= 0.3 is 5.97 Å². The molecule has 2 atom stereocenters. The maximum atomic E-state index is 13.0. The van der Waals surface area contributed by atoms with Crippen molar-refractivity contribution in [2.45, 2.75) is 64.6 Å². The van der Waals surface area contributed by atoms with Crippen LogP contribution in [-0.4, -0.2) is 83.4 Å². The Morgan fingerprint density at radius 3 is 2.11 bits per heavy atom. The summed E-state index contributed by atoms with van der Waals surface area (Å²) in [7, 11) is 3.20. The summed E-state index contributed by atoms with van der Waals surface area (Å²) in [6.45, 7) is 8.15. The molecule has 28 heavy (non-hydrogen) atoms. The van der Waals surface area contributed by atoms with E-state index in [0.29, 0.717) is 13.1 Å². The first kappa shape index (κ1) is 23.9. The van der Waals surface area contributed by atoms with Gasteiger partial charge in [-0.1, -0.05) is 13.8 Å². The van der Waals surface area contributed by atoms with Crippen LogP contribution in [0.25, 0.3) is 0 Å². The van der Waals surface area contributed by atoms with Gasteiger partial charge in [0.25, 0.3) is 0 Å². The van der Waals surface area contributed by atoms with Crippen molar-refractivity contribution < 1.29 is 24.3 Å². The number of hydrogen-bond donors (Lipinski definition) is 3. The summed E-state index contributed by atoms with van der Waals surface area (Å²) >= 11 is 0. The quantitative estimate of drug-likeness (QED) is 0.505. The van der Waals surface area contributed by atoms with Crippen molar-refractivity contribution in [1.29, 1.82) is 0 Å². The number of hydrogen-bond acceptors (Lipinski definition) is 5. The monoisotopic (exact) mass is 398 g/mol. The Kier molecular flexibility index (Phi) is 8.41. The summed E-state index contributed by atoms with van der Waals surface area (Å²) in [6.07, 6.45) is 1.24. The number of carbonyl (C=O) groups excluding carboxylic acids is 3. The van der Waals surface area contributed by atoms with Crippen LogP contribution < -0.4 is 10.6 Å². The first-order chi connectivity index (χ1) is 12.9. The van der Waals surface area contributed by atoms with E-state index in [1.54, 1.807) is 46.7 Å². The molecule has 0 unspecified atom stereocenters. The largest absolute Gasteiger partial charge is 0.481 e. The fourth-order valence-corrected chi connectivity index (χ4v) is 3.39. The van der Waals surface area contributed by atoms with Crippen LogP contribution in [0.1, 0.15) is 47.0 Å². The van der Waals surface area contributed by atoms with E-state index in [9.17, 15) is 24.3 Å². The molecule has 1 aliphatic rings. The predicted molar refractivity (Wildman–Crippen MR) is 105 cm³/mol. The van der Waals surface area contributed by atoms with E-state index in [1.165, 1.54) is 4.90 Å². The summed E-state index contributed by atoms with van der Waals surface area (Å²) in [5.41, 5.74) is -0.867. The first-order valence-corrected chi connectivity index (χ1v) is 9.69. The Bertz CT molecular complexity index is 599. The molecule has 0 aromatic carbocycles. The highest BCUT2D eigenvalue weighted by Crippen LogP contribution is 2.16. The van der Waals surface area contributed by atoms with Crippen molar-refractivity contribution in [1.82, 2.24) is 20.4 Å². The number of likely N-dealkylation sites (tertiary alicyclic amines) is 1. The van der Waals surface area contributed by atoms with Crippen molar-refractivity contribution in [2.75, 3.05) is 27.2 Å². The third-order valence-corrected chi connectivity index (χ3v) is 5.21. The number of carbonyl (C=O) groups is 4. The average molecular weight is 399 g/mol. The zero-order chi connectivity index (χ0) is 21.6. The van der Waals surface area contributed by atoms with Crippen LogP contribution >= 0.6 is 0 Å². The van der Waals surface area contributed by atoms with Crippen LogP contribution in [-0.2, 0) is 19.2 Å². The second-order valence-corrected chi connectivity index (χ2v) is 8.17. The number of carboxylic acid groups (broad SMARTS) is 1. The lowest BCUT2D eigenvalue weighted by Crippen LogP contribution is -2.60. The minimum Gasteiger partial charge on any atom is -0.481 e. The highest BCUT2D eigenvalue weighted by Gasteiger charge is 2.38. The number of aliphatic carboxylic acids is 1. The molecular weight excluding hydrogens is 364 g/mol. The topological polar surface area (TPSA) is 119 Å². The summed E-state index contributed by atoms with van der Waals surface area (Å²) < 4.78 is 0. The highest BCUT2D eigenvalue weighted by molar-refractivity contribution is 5.95. The molecule has 0 spiro atoms. The Morgan fingerprint density at radius 1 is 1.14 bits per heavy atom. The molecule has 1 fully saturated rings. The molecule has 0 bridgehead atoms. The number of amides is 3. The minimum atomic E-state index is -1.17. The fraction of sp³-hybridized carbons (Fsp3) is 0.789. The fourth-order valence-electron chi connectivity index (χ4n) is 3.39. The molecule has 1 rings (SSSR count). The molecule has 3 amide bonds. The molecule has 0 aromatic heterocycles. The van der Waals surface area contributed by atoms with Gasteiger partial charge in [-0.05, 0) is 39.7 Å². The number of carboxylic acids is 1. The first-order valence-electron chi connectivity index (χ1n) is 9.69. The van der Waals surface area contributed by atoms with Crippen LogP contribution in [0.15, 0.2) is 0 Å². The Labute approximate surface area is 166 Å². The van der Waals surface area contributed by atoms with Crippen LogP contribution in [0.4, 0.5) is 0 Å². The van der Waals surface area contributed by atoms with E-state index in [2.05, 4.69) is 10.6 Å². The maximum absolute atomic E-state index is 13.0. The zero-order valence-electron chi connectivity index (χ0n) is 17.7. The second-order valence-electron chi connectivity index (χ2n) is 8.17. The van der Waals surface area contributed by atoms with Crippen LogP contribution in [0.3, 0.4) is 0 Å². The third-order valence-electron chi connectivity index (χ3n) is 5.21. The Hall–Kier alpha value is -2.16. The normalized spacial score (nSPS) is 16.6. The molecule has 0 aromatic rings. The Balaban J connectivity index is 3.01. The van der Waals surface area contributed by atoms with Gasteiger partial charge in [-0.2, -0.15) is 0 Å². The molecule has 9 nitrogen and oxygen atoms in total. The second kappa shape index (κ2) is 9.86. The van der Waals surface area contributed by atoms with Crippen molar-refractivity contribution in [3.8, 4) is 0 Å². The van der Waals surface area contributed by atoms with E-state index in [-0.39, 0.29) is 17.7 Å². The van der Waals surface area contributed by atoms with Gasteiger partial charge < -0.3 is 25.5 Å².